The standard InChI is InChI=1S/C21H26N2O2/c22-15-18-9-6-13-23(16-18)21(24)19-10-4-5-11-20(19)25-14-12-17-7-2-1-3-8-17/h1-5,7-8,10-11,18H,6,9,12-16,22H2. The fourth-order valence-electron chi connectivity index (χ4n) is 3.30. The summed E-state index contributed by atoms with van der Waals surface area (Å²) in [4.78, 5) is 14.8. The number of nitrogens with two attached hydrogens (primary N) is 1. The van der Waals surface area contributed by atoms with Gasteiger partial charge in [-0.15, -0.1) is 0 Å². The van der Waals surface area contributed by atoms with Gasteiger partial charge in [0.2, 0.25) is 0 Å². The second-order valence-electron chi connectivity index (χ2n) is 6.58. The number of hydrogen-bond acceptors (Lipinski definition) is 3. The Kier molecular flexibility index (Phi) is 6.07. The quantitative estimate of drug-likeness (QED) is 0.880. The van der Waals surface area contributed by atoms with Gasteiger partial charge in [-0.2, -0.15) is 0 Å². The lowest BCUT2D eigenvalue weighted by atomic mass is 9.97. The van der Waals surface area contributed by atoms with Crippen LogP contribution in [0.2, 0.25) is 0 Å². The lowest BCUT2D eigenvalue weighted by Crippen LogP contribution is -2.42. The third-order valence-corrected chi connectivity index (χ3v) is 4.75. The highest BCUT2D eigenvalue weighted by molar-refractivity contribution is 5.97. The molecule has 132 valence electrons. The molecule has 1 aliphatic rings. The van der Waals surface area contributed by atoms with Crippen molar-refractivity contribution in [2.75, 3.05) is 26.2 Å². The number of hydrogen-bond donors (Lipinski definition) is 1. The Labute approximate surface area is 149 Å². The summed E-state index contributed by atoms with van der Waals surface area (Å²) < 4.78 is 5.93. The first kappa shape index (κ1) is 17.5. The molecule has 1 heterocycles. The normalized spacial score (nSPS) is 17.3. The van der Waals surface area contributed by atoms with Gasteiger partial charge in [-0.3, -0.25) is 4.79 Å². The molecule has 1 unspecified atom stereocenters. The molecule has 2 aromatic carbocycles. The van der Waals surface area contributed by atoms with Crippen molar-refractivity contribution in [3.63, 3.8) is 0 Å². The minimum Gasteiger partial charge on any atom is -0.492 e. The average Bonchev–Trinajstić information content (AvgIpc) is 2.69. The van der Waals surface area contributed by atoms with Crippen LogP contribution in [0.15, 0.2) is 54.6 Å². The fraction of sp³-hybridized carbons (Fsp3) is 0.381. The summed E-state index contributed by atoms with van der Waals surface area (Å²) in [7, 11) is 0. The summed E-state index contributed by atoms with van der Waals surface area (Å²) >= 11 is 0. The molecule has 1 saturated heterocycles. The van der Waals surface area contributed by atoms with Gasteiger partial charge in [0.15, 0.2) is 0 Å². The molecule has 2 aromatic rings. The Hall–Kier alpha value is -2.33. The van der Waals surface area contributed by atoms with Crippen molar-refractivity contribution in [3.05, 3.63) is 65.7 Å². The van der Waals surface area contributed by atoms with Crippen LogP contribution >= 0.6 is 0 Å². The van der Waals surface area contributed by atoms with Crippen LogP contribution in [0.5, 0.6) is 5.75 Å². The molecule has 1 amide bonds. The van der Waals surface area contributed by atoms with Gasteiger partial charge in [0.25, 0.3) is 5.91 Å². The van der Waals surface area contributed by atoms with Gasteiger partial charge in [-0.25, -0.2) is 0 Å². The summed E-state index contributed by atoms with van der Waals surface area (Å²) in [6.45, 7) is 2.74. The number of piperidine rings is 1. The van der Waals surface area contributed by atoms with Crippen LogP contribution in [0, 0.1) is 5.92 Å². The SMILES string of the molecule is NCC1CCCN(C(=O)c2ccccc2OCCc2ccccc2)C1. The van der Waals surface area contributed by atoms with E-state index in [9.17, 15) is 4.79 Å². The number of carbonyl (C=O) groups excluding carboxylic acids is 1. The number of amides is 1. The zero-order valence-electron chi connectivity index (χ0n) is 14.6. The first-order chi connectivity index (χ1) is 12.3. The number of benzene rings is 2. The highest BCUT2D eigenvalue weighted by atomic mass is 16.5. The number of nitrogens with zero attached hydrogens (tertiary/aromatic N) is 1. The van der Waals surface area contributed by atoms with E-state index in [2.05, 4.69) is 12.1 Å². The maximum atomic E-state index is 12.9. The van der Waals surface area contributed by atoms with Crippen molar-refractivity contribution >= 4 is 5.91 Å². The van der Waals surface area contributed by atoms with E-state index in [0.717, 1.165) is 32.4 Å². The van der Waals surface area contributed by atoms with Crippen molar-refractivity contribution in [3.8, 4) is 5.75 Å². The Morgan fingerprint density at radius 2 is 1.88 bits per heavy atom. The number of carbonyl (C=O) groups is 1. The van der Waals surface area contributed by atoms with E-state index in [4.69, 9.17) is 10.5 Å². The van der Waals surface area contributed by atoms with Crippen LogP contribution in [-0.2, 0) is 6.42 Å². The first-order valence-electron chi connectivity index (χ1n) is 9.03. The molecule has 0 bridgehead atoms. The van der Waals surface area contributed by atoms with Gasteiger partial charge in [-0.05, 0) is 43.0 Å². The smallest absolute Gasteiger partial charge is 0.257 e. The molecular formula is C21H26N2O2. The van der Waals surface area contributed by atoms with E-state index in [1.165, 1.54) is 5.56 Å². The zero-order chi connectivity index (χ0) is 17.5. The summed E-state index contributed by atoms with van der Waals surface area (Å²) in [5, 5.41) is 0. The highest BCUT2D eigenvalue weighted by Crippen LogP contribution is 2.23. The third kappa shape index (κ3) is 4.60. The monoisotopic (exact) mass is 338 g/mol. The molecule has 4 nitrogen and oxygen atoms in total. The Morgan fingerprint density at radius 3 is 2.68 bits per heavy atom. The number of rotatable bonds is 6. The molecule has 1 atom stereocenters. The van der Waals surface area contributed by atoms with Gasteiger partial charge in [-0.1, -0.05) is 42.5 Å². The second-order valence-corrected chi connectivity index (χ2v) is 6.58. The van der Waals surface area contributed by atoms with Crippen LogP contribution in [0.3, 0.4) is 0 Å². The summed E-state index contributed by atoms with van der Waals surface area (Å²) in [5.41, 5.74) is 7.67. The van der Waals surface area contributed by atoms with E-state index < -0.39 is 0 Å². The second kappa shape index (κ2) is 8.67. The largest absolute Gasteiger partial charge is 0.492 e. The molecule has 1 aliphatic heterocycles. The molecular weight excluding hydrogens is 312 g/mol. The Balaban J connectivity index is 1.64. The third-order valence-electron chi connectivity index (χ3n) is 4.75. The van der Waals surface area contributed by atoms with Crippen LogP contribution in [0.4, 0.5) is 0 Å². The first-order valence-corrected chi connectivity index (χ1v) is 9.03. The van der Waals surface area contributed by atoms with Gasteiger partial charge >= 0.3 is 0 Å². The van der Waals surface area contributed by atoms with Crippen molar-refractivity contribution in [2.45, 2.75) is 19.3 Å². The lowest BCUT2D eigenvalue weighted by Gasteiger charge is -2.32. The van der Waals surface area contributed by atoms with Gasteiger partial charge < -0.3 is 15.4 Å². The summed E-state index contributed by atoms with van der Waals surface area (Å²) in [6, 6.07) is 17.8. The van der Waals surface area contributed by atoms with Crippen molar-refractivity contribution in [2.24, 2.45) is 11.7 Å². The van der Waals surface area contributed by atoms with Crippen molar-refractivity contribution < 1.29 is 9.53 Å². The molecule has 3 rings (SSSR count). The summed E-state index contributed by atoms with van der Waals surface area (Å²) in [5.74, 6) is 1.12. The minimum atomic E-state index is 0.0495. The molecule has 25 heavy (non-hydrogen) atoms. The Bertz CT molecular complexity index is 687. The Morgan fingerprint density at radius 1 is 1.12 bits per heavy atom. The molecule has 2 N–H and O–H groups in total. The average molecular weight is 338 g/mol. The molecule has 0 aromatic heterocycles. The fourth-order valence-corrected chi connectivity index (χ4v) is 3.30. The van der Waals surface area contributed by atoms with Crippen LogP contribution in [0.1, 0.15) is 28.8 Å². The number of likely N-dealkylation sites (tertiary alicyclic amines) is 1. The van der Waals surface area contributed by atoms with Gasteiger partial charge in [0.1, 0.15) is 5.75 Å². The lowest BCUT2D eigenvalue weighted by molar-refractivity contribution is 0.0674. The number of ether oxygens (including phenoxy) is 1. The van der Waals surface area contributed by atoms with E-state index in [0.29, 0.717) is 30.4 Å². The van der Waals surface area contributed by atoms with Crippen LogP contribution < -0.4 is 10.5 Å². The molecule has 0 radical (unpaired) electrons. The van der Waals surface area contributed by atoms with Gasteiger partial charge in [0.05, 0.1) is 12.2 Å². The van der Waals surface area contributed by atoms with Crippen LogP contribution in [0.25, 0.3) is 0 Å². The van der Waals surface area contributed by atoms with Gasteiger partial charge in [0, 0.05) is 19.5 Å². The molecule has 0 saturated carbocycles. The zero-order valence-corrected chi connectivity index (χ0v) is 14.6. The molecule has 0 spiro atoms. The molecule has 4 heteroatoms. The molecule has 1 fully saturated rings. The van der Waals surface area contributed by atoms with E-state index in [1.54, 1.807) is 0 Å². The van der Waals surface area contributed by atoms with Crippen molar-refractivity contribution in [1.29, 1.82) is 0 Å². The molecule has 0 aliphatic carbocycles. The predicted octanol–water partition coefficient (Wildman–Crippen LogP) is 3.12. The number of para-hydroxylation sites is 1. The highest BCUT2D eigenvalue weighted by Gasteiger charge is 2.25. The predicted molar refractivity (Wildman–Crippen MR) is 99.8 cm³/mol. The minimum absolute atomic E-state index is 0.0495. The van der Waals surface area contributed by atoms with E-state index in [-0.39, 0.29) is 5.91 Å². The summed E-state index contributed by atoms with van der Waals surface area (Å²) in [6.07, 6.45) is 2.95. The maximum Gasteiger partial charge on any atom is 0.257 e. The van der Waals surface area contributed by atoms with Crippen molar-refractivity contribution in [1.82, 2.24) is 4.90 Å². The van der Waals surface area contributed by atoms with E-state index >= 15 is 0 Å². The van der Waals surface area contributed by atoms with Crippen LogP contribution in [-0.4, -0.2) is 37.0 Å². The maximum absolute atomic E-state index is 12.9. The van der Waals surface area contributed by atoms with E-state index in [1.807, 2.05) is 47.4 Å². The topological polar surface area (TPSA) is 55.6 Å².